The highest BCUT2D eigenvalue weighted by Crippen LogP contribution is 2.27. The first-order valence-corrected chi connectivity index (χ1v) is 9.47. The number of benzene rings is 1. The molecule has 1 fully saturated rings. The maximum atomic E-state index is 12.4. The number of thiazole rings is 1. The van der Waals surface area contributed by atoms with Gasteiger partial charge in [0.05, 0.1) is 30.1 Å². The fourth-order valence-corrected chi connectivity index (χ4v) is 3.70. The van der Waals surface area contributed by atoms with Crippen LogP contribution in [0.3, 0.4) is 0 Å². The SMILES string of the molecule is C[C@@H]1COCCN1CC(=O)Nc1cc2cc(-c3cncs3)ccc2cn1. The summed E-state index contributed by atoms with van der Waals surface area (Å²) in [5.74, 6) is 0.522. The van der Waals surface area contributed by atoms with Gasteiger partial charge in [0.2, 0.25) is 5.91 Å². The molecule has 0 saturated carbocycles. The molecule has 1 aromatic carbocycles. The average Bonchev–Trinajstić information content (AvgIpc) is 3.18. The van der Waals surface area contributed by atoms with Crippen LogP contribution in [0.5, 0.6) is 0 Å². The normalized spacial score (nSPS) is 18.1. The Morgan fingerprint density at radius 2 is 2.27 bits per heavy atom. The van der Waals surface area contributed by atoms with E-state index in [0.29, 0.717) is 25.6 Å². The van der Waals surface area contributed by atoms with Crippen molar-refractivity contribution < 1.29 is 9.53 Å². The molecule has 134 valence electrons. The number of carbonyl (C=O) groups excluding carboxylic acids is 1. The highest BCUT2D eigenvalue weighted by atomic mass is 32.1. The predicted molar refractivity (Wildman–Crippen MR) is 103 cm³/mol. The van der Waals surface area contributed by atoms with Crippen LogP contribution in [0.2, 0.25) is 0 Å². The van der Waals surface area contributed by atoms with Gasteiger partial charge in [-0.2, -0.15) is 0 Å². The average molecular weight is 368 g/mol. The Bertz CT molecular complexity index is 913. The van der Waals surface area contributed by atoms with Crippen LogP contribution in [0.1, 0.15) is 6.92 Å². The van der Waals surface area contributed by atoms with E-state index in [0.717, 1.165) is 27.8 Å². The molecule has 0 unspecified atom stereocenters. The van der Waals surface area contributed by atoms with Gasteiger partial charge in [-0.1, -0.05) is 12.1 Å². The van der Waals surface area contributed by atoms with Crippen LogP contribution in [0.15, 0.2) is 42.2 Å². The van der Waals surface area contributed by atoms with Gasteiger partial charge in [0.1, 0.15) is 5.82 Å². The molecule has 1 aliphatic rings. The summed E-state index contributed by atoms with van der Waals surface area (Å²) < 4.78 is 5.41. The third-order valence-corrected chi connectivity index (χ3v) is 5.38. The molecule has 3 aromatic rings. The Balaban J connectivity index is 1.50. The fraction of sp³-hybridized carbons (Fsp3) is 0.316. The standard InChI is InChI=1S/C19H20N4O2S/c1-13-11-25-5-4-23(13)10-19(24)22-18-7-16-6-14(17-9-20-12-26-17)2-3-15(16)8-21-18/h2-3,6-9,12-13H,4-5,10-11H2,1H3,(H,21,22,24)/t13-/m1/s1. The lowest BCUT2D eigenvalue weighted by molar-refractivity contribution is -0.119. The molecule has 1 atom stereocenters. The molecule has 1 amide bonds. The van der Waals surface area contributed by atoms with Gasteiger partial charge in [-0.05, 0) is 30.0 Å². The van der Waals surface area contributed by atoms with Crippen molar-refractivity contribution in [2.24, 2.45) is 0 Å². The number of rotatable bonds is 4. The number of anilines is 1. The molecular formula is C19H20N4O2S. The number of morpholine rings is 1. The van der Waals surface area contributed by atoms with Crippen molar-refractivity contribution in [2.75, 3.05) is 31.6 Å². The second-order valence-corrected chi connectivity index (χ2v) is 7.33. The number of nitrogens with one attached hydrogen (secondary N) is 1. The number of fused-ring (bicyclic) bond motifs is 1. The molecule has 26 heavy (non-hydrogen) atoms. The van der Waals surface area contributed by atoms with E-state index in [2.05, 4.69) is 39.2 Å². The second kappa shape index (κ2) is 7.49. The summed E-state index contributed by atoms with van der Waals surface area (Å²) in [6.07, 6.45) is 3.65. The van der Waals surface area contributed by atoms with E-state index < -0.39 is 0 Å². The van der Waals surface area contributed by atoms with E-state index in [4.69, 9.17) is 4.74 Å². The molecule has 0 radical (unpaired) electrons. The number of ether oxygens (including phenoxy) is 1. The Morgan fingerprint density at radius 3 is 3.08 bits per heavy atom. The van der Waals surface area contributed by atoms with Crippen LogP contribution in [0.25, 0.3) is 21.2 Å². The Kier molecular flexibility index (Phi) is 4.92. The van der Waals surface area contributed by atoms with Crippen molar-refractivity contribution >= 4 is 33.8 Å². The first-order valence-electron chi connectivity index (χ1n) is 8.59. The lowest BCUT2D eigenvalue weighted by Crippen LogP contribution is -2.47. The van der Waals surface area contributed by atoms with Crippen molar-refractivity contribution in [1.29, 1.82) is 0 Å². The van der Waals surface area contributed by atoms with Gasteiger partial charge in [0.15, 0.2) is 0 Å². The molecule has 4 rings (SSSR count). The minimum Gasteiger partial charge on any atom is -0.379 e. The van der Waals surface area contributed by atoms with E-state index in [1.165, 1.54) is 0 Å². The van der Waals surface area contributed by atoms with Gasteiger partial charge < -0.3 is 10.1 Å². The van der Waals surface area contributed by atoms with Crippen molar-refractivity contribution in [3.05, 3.63) is 42.2 Å². The third-order valence-electron chi connectivity index (χ3n) is 4.56. The van der Waals surface area contributed by atoms with Gasteiger partial charge >= 0.3 is 0 Å². The number of aromatic nitrogens is 2. The number of carbonyl (C=O) groups is 1. The summed E-state index contributed by atoms with van der Waals surface area (Å²) in [5.41, 5.74) is 2.94. The Morgan fingerprint density at radius 1 is 1.35 bits per heavy atom. The van der Waals surface area contributed by atoms with Crippen LogP contribution < -0.4 is 5.32 Å². The molecule has 1 N–H and O–H groups in total. The molecule has 0 bridgehead atoms. The maximum absolute atomic E-state index is 12.4. The molecule has 7 heteroatoms. The van der Waals surface area contributed by atoms with Gasteiger partial charge in [0.25, 0.3) is 0 Å². The largest absolute Gasteiger partial charge is 0.379 e. The van der Waals surface area contributed by atoms with Gasteiger partial charge in [-0.3, -0.25) is 14.7 Å². The molecule has 3 heterocycles. The topological polar surface area (TPSA) is 67.3 Å². The highest BCUT2D eigenvalue weighted by molar-refractivity contribution is 7.13. The van der Waals surface area contributed by atoms with Gasteiger partial charge in [0, 0.05) is 30.4 Å². The second-order valence-electron chi connectivity index (χ2n) is 6.44. The molecule has 0 aliphatic carbocycles. The zero-order valence-electron chi connectivity index (χ0n) is 14.5. The van der Waals surface area contributed by atoms with Crippen LogP contribution in [0.4, 0.5) is 5.82 Å². The van der Waals surface area contributed by atoms with Crippen molar-refractivity contribution in [3.63, 3.8) is 0 Å². The molecule has 1 saturated heterocycles. The van der Waals surface area contributed by atoms with Crippen molar-refractivity contribution in [2.45, 2.75) is 13.0 Å². The highest BCUT2D eigenvalue weighted by Gasteiger charge is 2.21. The molecule has 2 aromatic heterocycles. The quantitative estimate of drug-likeness (QED) is 0.767. The predicted octanol–water partition coefficient (Wildman–Crippen LogP) is 3.02. The smallest absolute Gasteiger partial charge is 0.239 e. The summed E-state index contributed by atoms with van der Waals surface area (Å²) in [4.78, 5) is 24.1. The molecular weight excluding hydrogens is 348 g/mol. The number of pyridine rings is 1. The van der Waals surface area contributed by atoms with Gasteiger partial charge in [-0.15, -0.1) is 11.3 Å². The molecule has 6 nitrogen and oxygen atoms in total. The first-order chi connectivity index (χ1) is 12.7. The minimum atomic E-state index is -0.0517. The Hall–Kier alpha value is -2.35. The number of hydrogen-bond donors (Lipinski definition) is 1. The molecule has 1 aliphatic heterocycles. The summed E-state index contributed by atoms with van der Waals surface area (Å²) in [6, 6.07) is 8.37. The molecule has 0 spiro atoms. The first kappa shape index (κ1) is 17.1. The zero-order valence-corrected chi connectivity index (χ0v) is 15.3. The van der Waals surface area contributed by atoms with Crippen LogP contribution in [-0.2, 0) is 9.53 Å². The third kappa shape index (κ3) is 3.75. The van der Waals surface area contributed by atoms with E-state index in [-0.39, 0.29) is 11.9 Å². The summed E-state index contributed by atoms with van der Waals surface area (Å²) in [7, 11) is 0. The van der Waals surface area contributed by atoms with E-state index in [9.17, 15) is 4.79 Å². The van der Waals surface area contributed by atoms with Crippen LogP contribution in [-0.4, -0.2) is 53.1 Å². The minimum absolute atomic E-state index is 0.0517. The van der Waals surface area contributed by atoms with E-state index in [1.54, 1.807) is 17.5 Å². The fourth-order valence-electron chi connectivity index (χ4n) is 3.08. The summed E-state index contributed by atoms with van der Waals surface area (Å²) >= 11 is 1.61. The Labute approximate surface area is 155 Å². The number of hydrogen-bond acceptors (Lipinski definition) is 6. The number of amides is 1. The van der Waals surface area contributed by atoms with Crippen LogP contribution in [0, 0.1) is 0 Å². The summed E-state index contributed by atoms with van der Waals surface area (Å²) in [5, 5.41) is 5.00. The summed E-state index contributed by atoms with van der Waals surface area (Å²) in [6.45, 7) is 4.54. The lowest BCUT2D eigenvalue weighted by Gasteiger charge is -2.32. The van der Waals surface area contributed by atoms with Gasteiger partial charge in [-0.25, -0.2) is 4.98 Å². The van der Waals surface area contributed by atoms with E-state index in [1.807, 2.05) is 23.8 Å². The monoisotopic (exact) mass is 368 g/mol. The van der Waals surface area contributed by atoms with Crippen molar-refractivity contribution in [3.8, 4) is 10.4 Å². The lowest BCUT2D eigenvalue weighted by atomic mass is 10.1. The van der Waals surface area contributed by atoms with Crippen LogP contribution >= 0.6 is 11.3 Å². The number of nitrogens with zero attached hydrogens (tertiary/aromatic N) is 3. The van der Waals surface area contributed by atoms with Crippen molar-refractivity contribution in [1.82, 2.24) is 14.9 Å². The zero-order chi connectivity index (χ0) is 17.9. The maximum Gasteiger partial charge on any atom is 0.239 e. The van der Waals surface area contributed by atoms with E-state index >= 15 is 0 Å².